The molecule has 1 aromatic carbocycles. The molecular formula is C20H22FN7O. The predicted molar refractivity (Wildman–Crippen MR) is 109 cm³/mol. The molecule has 1 aliphatic heterocycles. The molecule has 3 heterocycles. The average molecular weight is 395 g/mol. The summed E-state index contributed by atoms with van der Waals surface area (Å²) in [5.74, 6) is 0.973. The van der Waals surface area contributed by atoms with Crippen LogP contribution in [0.3, 0.4) is 0 Å². The standard InChI is InChI=1S/C20H22FN7O/c1-12(2)26-17(5-7-22)15-10-24-20(28-11-25-27-19(15)28)23-9-14-13-6-8-29-18(13)4-3-16(14)21/h3-5,7,10-12,22,26H,6,8-9H2,1-2H3,(H,23,24)/b17-5-,22-7?. The molecule has 1 aliphatic rings. The minimum atomic E-state index is -0.268. The van der Waals surface area contributed by atoms with Gasteiger partial charge in [-0.2, -0.15) is 0 Å². The molecule has 0 amide bonds. The number of anilines is 1. The van der Waals surface area contributed by atoms with Crippen LogP contribution < -0.4 is 15.4 Å². The first-order valence-corrected chi connectivity index (χ1v) is 9.41. The van der Waals surface area contributed by atoms with E-state index in [1.54, 1.807) is 29.1 Å². The van der Waals surface area contributed by atoms with Gasteiger partial charge in [0.15, 0.2) is 5.65 Å². The summed E-state index contributed by atoms with van der Waals surface area (Å²) in [4.78, 5) is 4.49. The van der Waals surface area contributed by atoms with E-state index in [9.17, 15) is 4.39 Å². The van der Waals surface area contributed by atoms with Gasteiger partial charge in [0.2, 0.25) is 5.95 Å². The molecule has 3 aromatic rings. The Morgan fingerprint density at radius 1 is 1.41 bits per heavy atom. The van der Waals surface area contributed by atoms with Crippen LogP contribution in [0.2, 0.25) is 0 Å². The fourth-order valence-corrected chi connectivity index (χ4v) is 3.42. The minimum Gasteiger partial charge on any atom is -0.493 e. The summed E-state index contributed by atoms with van der Waals surface area (Å²) >= 11 is 0. The van der Waals surface area contributed by atoms with Gasteiger partial charge >= 0.3 is 0 Å². The van der Waals surface area contributed by atoms with Gasteiger partial charge in [0.25, 0.3) is 0 Å². The second-order valence-corrected chi connectivity index (χ2v) is 7.02. The zero-order chi connectivity index (χ0) is 20.4. The van der Waals surface area contributed by atoms with Gasteiger partial charge < -0.3 is 20.8 Å². The predicted octanol–water partition coefficient (Wildman–Crippen LogP) is 2.80. The van der Waals surface area contributed by atoms with Crippen LogP contribution in [0, 0.1) is 11.2 Å². The van der Waals surface area contributed by atoms with Gasteiger partial charge in [-0.15, -0.1) is 10.2 Å². The fourth-order valence-electron chi connectivity index (χ4n) is 3.42. The molecule has 0 saturated heterocycles. The lowest BCUT2D eigenvalue weighted by atomic mass is 10.0. The largest absolute Gasteiger partial charge is 0.493 e. The van der Waals surface area contributed by atoms with Gasteiger partial charge in [0.05, 0.1) is 12.2 Å². The topological polar surface area (TPSA) is 100 Å². The highest BCUT2D eigenvalue weighted by atomic mass is 19.1. The molecule has 0 unspecified atom stereocenters. The quantitative estimate of drug-likeness (QED) is 0.532. The number of fused-ring (bicyclic) bond motifs is 2. The Hall–Kier alpha value is -3.49. The summed E-state index contributed by atoms with van der Waals surface area (Å²) in [6.07, 6.45) is 6.79. The first-order valence-electron chi connectivity index (χ1n) is 9.41. The van der Waals surface area contributed by atoms with E-state index in [-0.39, 0.29) is 18.4 Å². The Morgan fingerprint density at radius 3 is 3.07 bits per heavy atom. The molecule has 0 bridgehead atoms. The second kappa shape index (κ2) is 7.86. The number of aromatic nitrogens is 4. The van der Waals surface area contributed by atoms with Crippen molar-refractivity contribution in [2.75, 3.05) is 11.9 Å². The molecule has 0 spiro atoms. The summed E-state index contributed by atoms with van der Waals surface area (Å²) in [6.45, 7) is 4.86. The van der Waals surface area contributed by atoms with Crippen molar-refractivity contribution in [2.45, 2.75) is 32.9 Å². The highest BCUT2D eigenvalue weighted by molar-refractivity contribution is 5.86. The average Bonchev–Trinajstić information content (AvgIpc) is 3.36. The Morgan fingerprint density at radius 2 is 2.28 bits per heavy atom. The maximum absolute atomic E-state index is 14.4. The first-order chi connectivity index (χ1) is 14.1. The number of nitrogens with zero attached hydrogens (tertiary/aromatic N) is 4. The number of hydrogen-bond donors (Lipinski definition) is 3. The summed E-state index contributed by atoms with van der Waals surface area (Å²) in [7, 11) is 0. The third kappa shape index (κ3) is 3.63. The molecule has 0 saturated carbocycles. The van der Waals surface area contributed by atoms with Crippen molar-refractivity contribution >= 4 is 23.5 Å². The lowest BCUT2D eigenvalue weighted by molar-refractivity contribution is 0.356. The number of nitrogens with one attached hydrogen (secondary N) is 3. The van der Waals surface area contributed by atoms with Crippen LogP contribution in [0.15, 0.2) is 30.7 Å². The molecule has 0 fully saturated rings. The number of benzene rings is 1. The van der Waals surface area contributed by atoms with Crippen molar-refractivity contribution in [3.63, 3.8) is 0 Å². The SMILES string of the molecule is CC(C)N/C(=C\C=N)c1cnc(NCc2c(F)ccc3c2CCO3)n2cnnc12. The number of allylic oxidation sites excluding steroid dienone is 1. The summed E-state index contributed by atoms with van der Waals surface area (Å²) in [6, 6.07) is 3.27. The molecule has 0 radical (unpaired) electrons. The fraction of sp³-hybridized carbons (Fsp3) is 0.300. The maximum atomic E-state index is 14.4. The monoisotopic (exact) mass is 395 g/mol. The third-order valence-electron chi connectivity index (χ3n) is 4.68. The van der Waals surface area contributed by atoms with E-state index in [2.05, 4.69) is 25.8 Å². The molecule has 0 atom stereocenters. The van der Waals surface area contributed by atoms with Crippen LogP contribution >= 0.6 is 0 Å². The second-order valence-electron chi connectivity index (χ2n) is 7.02. The molecule has 2 aromatic heterocycles. The van der Waals surface area contributed by atoms with Gasteiger partial charge in [0, 0.05) is 48.2 Å². The minimum absolute atomic E-state index is 0.173. The molecule has 8 nitrogen and oxygen atoms in total. The molecule has 150 valence electrons. The van der Waals surface area contributed by atoms with Crippen LogP contribution in [0.25, 0.3) is 11.3 Å². The van der Waals surface area contributed by atoms with Crippen LogP contribution in [0.5, 0.6) is 5.75 Å². The molecular weight excluding hydrogens is 373 g/mol. The van der Waals surface area contributed by atoms with Crippen LogP contribution in [0.1, 0.15) is 30.5 Å². The van der Waals surface area contributed by atoms with Crippen molar-refractivity contribution in [3.05, 3.63) is 53.2 Å². The molecule has 0 aliphatic carbocycles. The van der Waals surface area contributed by atoms with E-state index in [1.165, 1.54) is 12.3 Å². The Bertz CT molecular complexity index is 1090. The van der Waals surface area contributed by atoms with Gasteiger partial charge in [-0.25, -0.2) is 9.37 Å². The number of rotatable bonds is 7. The number of halogens is 1. The number of hydrogen-bond acceptors (Lipinski definition) is 7. The first kappa shape index (κ1) is 18.9. The Labute approximate surface area is 167 Å². The zero-order valence-corrected chi connectivity index (χ0v) is 16.2. The molecule has 29 heavy (non-hydrogen) atoms. The van der Waals surface area contributed by atoms with Gasteiger partial charge in [-0.3, -0.25) is 4.40 Å². The number of ether oxygens (including phenoxy) is 1. The smallest absolute Gasteiger partial charge is 0.210 e. The normalized spacial score (nSPS) is 13.4. The van der Waals surface area contributed by atoms with Crippen molar-refractivity contribution in [3.8, 4) is 5.75 Å². The van der Waals surface area contributed by atoms with E-state index in [4.69, 9.17) is 10.1 Å². The van der Waals surface area contributed by atoms with Crippen molar-refractivity contribution < 1.29 is 9.13 Å². The summed E-state index contributed by atoms with van der Waals surface area (Å²) in [5.41, 5.74) is 3.52. The summed E-state index contributed by atoms with van der Waals surface area (Å²) < 4.78 is 21.6. The van der Waals surface area contributed by atoms with E-state index in [1.807, 2.05) is 13.8 Å². The van der Waals surface area contributed by atoms with Crippen molar-refractivity contribution in [1.29, 1.82) is 5.41 Å². The van der Waals surface area contributed by atoms with Gasteiger partial charge in [-0.1, -0.05) is 0 Å². The Kier molecular flexibility index (Phi) is 5.11. The highest BCUT2D eigenvalue weighted by Gasteiger charge is 2.20. The van der Waals surface area contributed by atoms with E-state index in [0.717, 1.165) is 22.6 Å². The van der Waals surface area contributed by atoms with Crippen LogP contribution in [-0.2, 0) is 13.0 Å². The van der Waals surface area contributed by atoms with Gasteiger partial charge in [-0.05, 0) is 32.1 Å². The van der Waals surface area contributed by atoms with E-state index >= 15 is 0 Å². The van der Waals surface area contributed by atoms with Crippen molar-refractivity contribution in [2.24, 2.45) is 0 Å². The van der Waals surface area contributed by atoms with Crippen LogP contribution in [-0.4, -0.2) is 38.4 Å². The maximum Gasteiger partial charge on any atom is 0.210 e. The third-order valence-corrected chi connectivity index (χ3v) is 4.68. The lowest BCUT2D eigenvalue weighted by Crippen LogP contribution is -2.22. The lowest BCUT2D eigenvalue weighted by Gasteiger charge is -2.16. The van der Waals surface area contributed by atoms with E-state index in [0.29, 0.717) is 30.2 Å². The zero-order valence-electron chi connectivity index (χ0n) is 16.2. The Balaban J connectivity index is 1.66. The van der Waals surface area contributed by atoms with Crippen molar-refractivity contribution in [1.82, 2.24) is 24.9 Å². The summed E-state index contributed by atoms with van der Waals surface area (Å²) in [5, 5.41) is 22.1. The molecule has 3 N–H and O–H groups in total. The highest BCUT2D eigenvalue weighted by Crippen LogP contribution is 2.30. The molecule has 9 heteroatoms. The van der Waals surface area contributed by atoms with Crippen LogP contribution in [0.4, 0.5) is 10.3 Å². The van der Waals surface area contributed by atoms with Gasteiger partial charge in [0.1, 0.15) is 17.9 Å². The molecule has 4 rings (SSSR count). The van der Waals surface area contributed by atoms with E-state index < -0.39 is 0 Å².